The number of hydrogen-bond acceptors (Lipinski definition) is 4. The Kier molecular flexibility index (Phi) is 8.05. The Morgan fingerprint density at radius 3 is 2.53 bits per heavy atom. The molecule has 174 valence electrons. The first kappa shape index (κ1) is 24.5. The molecule has 10 heteroatoms. The zero-order chi connectivity index (χ0) is 24.1. The molecule has 0 aliphatic heterocycles. The monoisotopic (exact) mass is 576 g/mol. The molecule has 0 aliphatic rings. The van der Waals surface area contributed by atoms with Crippen molar-refractivity contribution in [3.05, 3.63) is 103 Å². The highest BCUT2D eigenvalue weighted by atomic mass is 79.9. The molecule has 6 nitrogen and oxygen atoms in total. The number of benzene rings is 3. The summed E-state index contributed by atoms with van der Waals surface area (Å²) in [6, 6.07) is 22.3. The van der Waals surface area contributed by atoms with Crippen LogP contribution in [0, 0.1) is 4.77 Å². The highest BCUT2D eigenvalue weighted by molar-refractivity contribution is 9.10. The van der Waals surface area contributed by atoms with Crippen LogP contribution >= 0.6 is 51.3 Å². The third-order valence-corrected chi connectivity index (χ3v) is 6.38. The maximum atomic E-state index is 12.7. The normalized spacial score (nSPS) is 10.8. The first-order valence-electron chi connectivity index (χ1n) is 10.2. The van der Waals surface area contributed by atoms with E-state index < -0.39 is 0 Å². The lowest BCUT2D eigenvalue weighted by molar-refractivity contribution is -0.116. The van der Waals surface area contributed by atoms with Crippen molar-refractivity contribution in [2.45, 2.75) is 19.7 Å². The highest BCUT2D eigenvalue weighted by Gasteiger charge is 2.15. The summed E-state index contributed by atoms with van der Waals surface area (Å²) in [4.78, 5) is 12.7. The van der Waals surface area contributed by atoms with Crippen LogP contribution in [0.25, 0.3) is 0 Å². The van der Waals surface area contributed by atoms with Crippen molar-refractivity contribution >= 4 is 62.9 Å². The number of amides is 1. The summed E-state index contributed by atoms with van der Waals surface area (Å²) >= 11 is 21.3. The summed E-state index contributed by atoms with van der Waals surface area (Å²) in [5.74, 6) is 0.971. The van der Waals surface area contributed by atoms with E-state index in [1.165, 1.54) is 4.68 Å². The Hall–Kier alpha value is -2.65. The van der Waals surface area contributed by atoms with E-state index in [1.54, 1.807) is 18.2 Å². The topological polar surface area (TPSA) is 61.1 Å². The number of nitrogens with zero attached hydrogens (tertiary/aromatic N) is 3. The molecule has 1 heterocycles. The average Bonchev–Trinajstić information content (AvgIpc) is 3.10. The van der Waals surface area contributed by atoms with Crippen molar-refractivity contribution in [3.8, 4) is 5.75 Å². The number of anilines is 1. The Bertz CT molecular complexity index is 1360. The molecule has 1 amide bonds. The van der Waals surface area contributed by atoms with Gasteiger partial charge in [-0.05, 0) is 60.2 Å². The van der Waals surface area contributed by atoms with Gasteiger partial charge >= 0.3 is 0 Å². The minimum atomic E-state index is -0.329. The lowest BCUT2D eigenvalue weighted by atomic mass is 10.2. The first-order valence-corrected chi connectivity index (χ1v) is 12.2. The molecule has 1 N–H and O–H groups in total. The van der Waals surface area contributed by atoms with Crippen LogP contribution in [0.5, 0.6) is 5.75 Å². The first-order chi connectivity index (χ1) is 16.4. The molecule has 0 bridgehead atoms. The third kappa shape index (κ3) is 6.27. The van der Waals surface area contributed by atoms with Crippen LogP contribution in [0.4, 0.5) is 5.69 Å². The Balaban J connectivity index is 1.57. The summed E-state index contributed by atoms with van der Waals surface area (Å²) in [7, 11) is 0. The minimum Gasteiger partial charge on any atom is -0.486 e. The van der Waals surface area contributed by atoms with Gasteiger partial charge in [0.05, 0.1) is 17.3 Å². The van der Waals surface area contributed by atoms with Gasteiger partial charge in [0.2, 0.25) is 5.91 Å². The second-order valence-corrected chi connectivity index (χ2v) is 9.47. The molecule has 3 aromatic carbocycles. The van der Waals surface area contributed by atoms with Gasteiger partial charge in [0, 0.05) is 9.50 Å². The van der Waals surface area contributed by atoms with Crippen molar-refractivity contribution in [1.82, 2.24) is 14.3 Å². The molecule has 0 saturated carbocycles. The molecule has 0 atom stereocenters. The van der Waals surface area contributed by atoms with Crippen molar-refractivity contribution in [2.75, 3.05) is 5.32 Å². The smallest absolute Gasteiger partial charge is 0.246 e. The number of rotatable bonds is 8. The number of halogens is 3. The van der Waals surface area contributed by atoms with Crippen LogP contribution in [-0.2, 0) is 24.5 Å². The Morgan fingerprint density at radius 1 is 1.06 bits per heavy atom. The fourth-order valence-corrected chi connectivity index (χ4v) is 4.09. The third-order valence-electron chi connectivity index (χ3n) is 4.86. The molecule has 4 rings (SSSR count). The largest absolute Gasteiger partial charge is 0.486 e. The maximum Gasteiger partial charge on any atom is 0.246 e. The highest BCUT2D eigenvalue weighted by Crippen LogP contribution is 2.25. The van der Waals surface area contributed by atoms with E-state index in [9.17, 15) is 4.79 Å². The summed E-state index contributed by atoms with van der Waals surface area (Å²) in [6.07, 6.45) is 0. The second-order valence-electron chi connectivity index (χ2n) is 7.34. The van der Waals surface area contributed by atoms with Gasteiger partial charge in [0.1, 0.15) is 18.9 Å². The number of carbonyl (C=O) groups excluding carboxylic acids is 1. The molecule has 34 heavy (non-hydrogen) atoms. The summed E-state index contributed by atoms with van der Waals surface area (Å²) in [5, 5.41) is 8.20. The van der Waals surface area contributed by atoms with Gasteiger partial charge in [-0.1, -0.05) is 69.5 Å². The van der Waals surface area contributed by atoms with Gasteiger partial charge < -0.3 is 10.1 Å². The van der Waals surface area contributed by atoms with E-state index in [2.05, 4.69) is 26.3 Å². The van der Waals surface area contributed by atoms with Crippen LogP contribution in [0.15, 0.2) is 77.3 Å². The molecule has 0 unspecified atom stereocenters. The zero-order valence-corrected chi connectivity index (χ0v) is 21.7. The Labute approximate surface area is 220 Å². The van der Waals surface area contributed by atoms with Gasteiger partial charge in [-0.25, -0.2) is 4.68 Å². The van der Waals surface area contributed by atoms with Crippen molar-refractivity contribution < 1.29 is 9.53 Å². The van der Waals surface area contributed by atoms with Crippen LogP contribution in [-0.4, -0.2) is 20.3 Å². The average molecular weight is 578 g/mol. The fraction of sp³-hybridized carbons (Fsp3) is 0.125. The molecular weight excluding hydrogens is 559 g/mol. The molecule has 0 radical (unpaired) electrons. The number of nitrogens with one attached hydrogen (secondary N) is 1. The number of carbonyl (C=O) groups is 1. The van der Waals surface area contributed by atoms with Gasteiger partial charge in [-0.3, -0.25) is 9.36 Å². The number of aromatic nitrogens is 3. The molecule has 0 saturated heterocycles. The van der Waals surface area contributed by atoms with Gasteiger partial charge in [0.15, 0.2) is 10.6 Å². The Morgan fingerprint density at radius 2 is 1.79 bits per heavy atom. The van der Waals surface area contributed by atoms with E-state index >= 15 is 0 Å². The minimum absolute atomic E-state index is 0.0885. The summed E-state index contributed by atoms with van der Waals surface area (Å²) < 4.78 is 10.6. The number of hydrogen-bond donors (Lipinski definition) is 1. The van der Waals surface area contributed by atoms with E-state index in [-0.39, 0.29) is 19.1 Å². The van der Waals surface area contributed by atoms with Gasteiger partial charge in [0.25, 0.3) is 0 Å². The standard InChI is InChI=1S/C24H19BrCl2N4O2S/c25-17-6-9-19(10-7-17)33-15-22-29-31(24(34)30(22)13-16-4-2-1-3-5-16)14-23(32)28-21-12-18(26)8-11-20(21)27/h1-12H,13-15H2,(H,28,32). The molecule has 4 aromatic rings. The van der Waals surface area contributed by atoms with Gasteiger partial charge in [-0.15, -0.1) is 0 Å². The summed E-state index contributed by atoms with van der Waals surface area (Å²) in [5.41, 5.74) is 1.48. The lowest BCUT2D eigenvalue weighted by Gasteiger charge is -2.09. The van der Waals surface area contributed by atoms with Crippen LogP contribution in [0.3, 0.4) is 0 Å². The fourth-order valence-electron chi connectivity index (χ4n) is 3.22. The molecule has 0 aliphatic carbocycles. The van der Waals surface area contributed by atoms with Crippen LogP contribution in [0.2, 0.25) is 10.0 Å². The predicted octanol–water partition coefficient (Wildman–Crippen LogP) is 6.75. The molecule has 1 aromatic heterocycles. The zero-order valence-electron chi connectivity index (χ0n) is 17.7. The van der Waals surface area contributed by atoms with Crippen molar-refractivity contribution in [1.29, 1.82) is 0 Å². The SMILES string of the molecule is O=C(Cn1nc(COc2ccc(Br)cc2)n(Cc2ccccc2)c1=S)Nc1cc(Cl)ccc1Cl. The van der Waals surface area contributed by atoms with Crippen molar-refractivity contribution in [2.24, 2.45) is 0 Å². The van der Waals surface area contributed by atoms with Crippen LogP contribution in [0.1, 0.15) is 11.4 Å². The molecule has 0 fully saturated rings. The van der Waals surface area contributed by atoms with Crippen molar-refractivity contribution in [3.63, 3.8) is 0 Å². The van der Waals surface area contributed by atoms with E-state index in [0.717, 1.165) is 10.0 Å². The van der Waals surface area contributed by atoms with Crippen LogP contribution < -0.4 is 10.1 Å². The quantitative estimate of drug-likeness (QED) is 0.235. The summed E-state index contributed by atoms with van der Waals surface area (Å²) in [6.45, 7) is 0.599. The predicted molar refractivity (Wildman–Crippen MR) is 140 cm³/mol. The lowest BCUT2D eigenvalue weighted by Crippen LogP contribution is -2.20. The molecule has 0 spiro atoms. The van der Waals surface area contributed by atoms with E-state index in [4.69, 9.17) is 40.2 Å². The van der Waals surface area contributed by atoms with Gasteiger partial charge in [-0.2, -0.15) is 5.10 Å². The van der Waals surface area contributed by atoms with E-state index in [0.29, 0.717) is 38.6 Å². The molecular formula is C24H19BrCl2N4O2S. The number of ether oxygens (including phenoxy) is 1. The second kappa shape index (κ2) is 11.2. The van der Waals surface area contributed by atoms with E-state index in [1.807, 2.05) is 59.2 Å². The maximum absolute atomic E-state index is 12.7.